The van der Waals surface area contributed by atoms with E-state index in [4.69, 9.17) is 5.73 Å². The van der Waals surface area contributed by atoms with E-state index in [9.17, 15) is 22.8 Å². The molecule has 2 amide bonds. The number of alkyl halides is 3. The Morgan fingerprint density at radius 3 is 2.47 bits per heavy atom. The highest BCUT2D eigenvalue weighted by molar-refractivity contribution is 6.01. The van der Waals surface area contributed by atoms with Crippen LogP contribution in [0.3, 0.4) is 0 Å². The summed E-state index contributed by atoms with van der Waals surface area (Å²) < 4.78 is 37.4. The normalized spacial score (nSPS) is 32.3. The molecule has 0 unspecified atom stereocenters. The van der Waals surface area contributed by atoms with E-state index in [0.717, 1.165) is 0 Å². The molecular weight excluding hydrogens is 263 g/mol. The minimum absolute atomic E-state index is 0.0689. The first-order chi connectivity index (χ1) is 8.79. The summed E-state index contributed by atoms with van der Waals surface area (Å²) in [7, 11) is 0. The van der Waals surface area contributed by atoms with E-state index in [0.29, 0.717) is 19.5 Å². The van der Waals surface area contributed by atoms with E-state index in [1.54, 1.807) is 0 Å². The number of halogens is 3. The third-order valence-corrected chi connectivity index (χ3v) is 3.61. The summed E-state index contributed by atoms with van der Waals surface area (Å²) in [4.78, 5) is 25.1. The van der Waals surface area contributed by atoms with Crippen LogP contribution in [0.5, 0.6) is 0 Å². The van der Waals surface area contributed by atoms with Crippen LogP contribution < -0.4 is 11.1 Å². The molecule has 19 heavy (non-hydrogen) atoms. The minimum atomic E-state index is -4.46. The van der Waals surface area contributed by atoms with Crippen LogP contribution in [0.2, 0.25) is 0 Å². The molecule has 0 radical (unpaired) electrons. The number of hydrogen-bond donors (Lipinski definition) is 2. The molecule has 2 aliphatic heterocycles. The van der Waals surface area contributed by atoms with Gasteiger partial charge in [0.1, 0.15) is 12.0 Å². The van der Waals surface area contributed by atoms with Gasteiger partial charge < -0.3 is 16.0 Å². The van der Waals surface area contributed by atoms with Crippen LogP contribution in [-0.4, -0.2) is 48.1 Å². The lowest BCUT2D eigenvalue weighted by molar-refractivity contribution is -0.172. The number of likely N-dealkylation sites (tertiary alicyclic amines) is 1. The Morgan fingerprint density at radius 2 is 2.00 bits per heavy atom. The predicted molar refractivity (Wildman–Crippen MR) is 59.9 cm³/mol. The van der Waals surface area contributed by atoms with Crippen molar-refractivity contribution in [2.45, 2.75) is 37.5 Å². The van der Waals surface area contributed by atoms with Gasteiger partial charge in [0.2, 0.25) is 11.8 Å². The third-order valence-electron chi connectivity index (χ3n) is 3.61. The Bertz CT molecular complexity index is 386. The summed E-state index contributed by atoms with van der Waals surface area (Å²) in [5, 5.41) is 1.88. The van der Waals surface area contributed by atoms with Crippen molar-refractivity contribution in [1.82, 2.24) is 10.2 Å². The molecular formula is C11H16F3N3O2. The molecule has 2 saturated heterocycles. The monoisotopic (exact) mass is 279 g/mol. The molecule has 3 atom stereocenters. The molecule has 0 aromatic carbocycles. The van der Waals surface area contributed by atoms with Gasteiger partial charge in [0.05, 0.1) is 0 Å². The second kappa shape index (κ2) is 4.99. The van der Waals surface area contributed by atoms with Crippen molar-refractivity contribution >= 4 is 11.8 Å². The average molecular weight is 279 g/mol. The number of carbonyl (C=O) groups excluding carboxylic acids is 2. The molecule has 108 valence electrons. The van der Waals surface area contributed by atoms with E-state index >= 15 is 0 Å². The number of nitrogens with one attached hydrogen (secondary N) is 1. The van der Waals surface area contributed by atoms with Crippen molar-refractivity contribution in [1.29, 1.82) is 0 Å². The number of nitrogens with zero attached hydrogens (tertiary/aromatic N) is 1. The van der Waals surface area contributed by atoms with Gasteiger partial charge >= 0.3 is 6.18 Å². The fourth-order valence-electron chi connectivity index (χ4n) is 2.50. The van der Waals surface area contributed by atoms with Crippen molar-refractivity contribution < 1.29 is 22.8 Å². The van der Waals surface area contributed by atoms with Crippen molar-refractivity contribution in [2.75, 3.05) is 13.1 Å². The first-order valence-electron chi connectivity index (χ1n) is 6.20. The van der Waals surface area contributed by atoms with E-state index in [1.165, 1.54) is 4.90 Å². The van der Waals surface area contributed by atoms with Gasteiger partial charge in [-0.25, -0.2) is 0 Å². The van der Waals surface area contributed by atoms with Crippen LogP contribution in [0.1, 0.15) is 19.3 Å². The SMILES string of the molecule is N[C@@H]1CCN(C(=O)[C@@H]2CC[C@H](C(F)(F)F)NC2=O)C1. The average Bonchev–Trinajstić information content (AvgIpc) is 2.73. The Hall–Kier alpha value is -1.31. The summed E-state index contributed by atoms with van der Waals surface area (Å²) in [6, 6.07) is -1.96. The zero-order valence-corrected chi connectivity index (χ0v) is 10.2. The molecule has 2 aliphatic rings. The molecule has 0 aliphatic carbocycles. The molecule has 0 bridgehead atoms. The summed E-state index contributed by atoms with van der Waals surface area (Å²) in [5.41, 5.74) is 5.66. The predicted octanol–water partition coefficient (Wildman–Crippen LogP) is 0.00310. The van der Waals surface area contributed by atoms with Crippen LogP contribution in [-0.2, 0) is 9.59 Å². The summed E-state index contributed by atoms with van der Waals surface area (Å²) in [6.45, 7) is 0.831. The number of rotatable bonds is 1. The first kappa shape index (κ1) is 14.1. The van der Waals surface area contributed by atoms with Crippen molar-refractivity contribution in [3.8, 4) is 0 Å². The lowest BCUT2D eigenvalue weighted by Gasteiger charge is -2.31. The third kappa shape index (κ3) is 2.99. The molecule has 0 aromatic heterocycles. The van der Waals surface area contributed by atoms with Crippen LogP contribution in [0.15, 0.2) is 0 Å². The lowest BCUT2D eigenvalue weighted by Crippen LogP contribution is -2.54. The van der Waals surface area contributed by atoms with Gasteiger partial charge in [-0.15, -0.1) is 0 Å². The van der Waals surface area contributed by atoms with Crippen LogP contribution in [0.25, 0.3) is 0 Å². The Labute approximate surface area is 108 Å². The van der Waals surface area contributed by atoms with Crippen LogP contribution in [0, 0.1) is 5.92 Å². The van der Waals surface area contributed by atoms with E-state index < -0.39 is 30.0 Å². The lowest BCUT2D eigenvalue weighted by atomic mass is 9.92. The van der Waals surface area contributed by atoms with Gasteiger partial charge in [0, 0.05) is 19.1 Å². The molecule has 2 rings (SSSR count). The van der Waals surface area contributed by atoms with Gasteiger partial charge in [-0.2, -0.15) is 13.2 Å². The topological polar surface area (TPSA) is 75.4 Å². The number of amides is 2. The number of nitrogens with two attached hydrogens (primary N) is 1. The largest absolute Gasteiger partial charge is 0.408 e. The molecule has 2 heterocycles. The highest BCUT2D eigenvalue weighted by Crippen LogP contribution is 2.29. The molecule has 3 N–H and O–H groups in total. The Balaban J connectivity index is 1.96. The summed E-state index contributed by atoms with van der Waals surface area (Å²) in [6.07, 6.45) is -4.13. The fourth-order valence-corrected chi connectivity index (χ4v) is 2.50. The minimum Gasteiger partial charge on any atom is -0.344 e. The van der Waals surface area contributed by atoms with Gasteiger partial charge in [-0.3, -0.25) is 9.59 Å². The summed E-state index contributed by atoms with van der Waals surface area (Å²) in [5.74, 6) is -2.26. The van der Waals surface area contributed by atoms with Crippen LogP contribution >= 0.6 is 0 Å². The van der Waals surface area contributed by atoms with Gasteiger partial charge in [-0.05, 0) is 19.3 Å². The molecule has 0 saturated carbocycles. The van der Waals surface area contributed by atoms with Gasteiger partial charge in [-0.1, -0.05) is 0 Å². The Kier molecular flexibility index (Phi) is 3.71. The second-order valence-corrected chi connectivity index (χ2v) is 5.07. The number of piperidine rings is 1. The van der Waals surface area contributed by atoms with Gasteiger partial charge in [0.15, 0.2) is 0 Å². The number of hydrogen-bond acceptors (Lipinski definition) is 3. The zero-order valence-electron chi connectivity index (χ0n) is 10.2. The van der Waals surface area contributed by atoms with E-state index in [-0.39, 0.29) is 18.9 Å². The summed E-state index contributed by atoms with van der Waals surface area (Å²) >= 11 is 0. The maximum Gasteiger partial charge on any atom is 0.408 e. The van der Waals surface area contributed by atoms with Crippen LogP contribution in [0.4, 0.5) is 13.2 Å². The maximum absolute atomic E-state index is 12.5. The Morgan fingerprint density at radius 1 is 1.32 bits per heavy atom. The fraction of sp³-hybridized carbons (Fsp3) is 0.818. The standard InChI is InChI=1S/C11H16F3N3O2/c12-11(13,14)8-2-1-7(9(18)16-8)10(19)17-4-3-6(15)5-17/h6-8H,1-5,15H2,(H,16,18)/t6-,7-,8-/m1/s1. The molecule has 5 nitrogen and oxygen atoms in total. The van der Waals surface area contributed by atoms with Gasteiger partial charge in [0.25, 0.3) is 0 Å². The van der Waals surface area contributed by atoms with E-state index in [1.807, 2.05) is 5.32 Å². The highest BCUT2D eigenvalue weighted by atomic mass is 19.4. The molecule has 2 fully saturated rings. The molecule has 0 aromatic rings. The van der Waals surface area contributed by atoms with Crippen molar-refractivity contribution in [2.24, 2.45) is 11.7 Å². The smallest absolute Gasteiger partial charge is 0.344 e. The zero-order chi connectivity index (χ0) is 14.2. The molecule has 0 spiro atoms. The molecule has 8 heteroatoms. The van der Waals surface area contributed by atoms with Crippen molar-refractivity contribution in [3.63, 3.8) is 0 Å². The quantitative estimate of drug-likeness (QED) is 0.664. The van der Waals surface area contributed by atoms with E-state index in [2.05, 4.69) is 0 Å². The number of carbonyl (C=O) groups is 2. The van der Waals surface area contributed by atoms with Crippen molar-refractivity contribution in [3.05, 3.63) is 0 Å². The second-order valence-electron chi connectivity index (χ2n) is 5.07. The first-order valence-corrected chi connectivity index (χ1v) is 6.20. The maximum atomic E-state index is 12.5. The highest BCUT2D eigenvalue weighted by Gasteiger charge is 2.46.